The summed E-state index contributed by atoms with van der Waals surface area (Å²) < 4.78 is 0. The Morgan fingerprint density at radius 3 is 2.40 bits per heavy atom. The minimum absolute atomic E-state index is 0.162. The smallest absolute Gasteiger partial charge is 0.225 e. The molecule has 1 unspecified atom stereocenters. The number of benzene rings is 2. The molecule has 0 amide bonds. The lowest BCUT2D eigenvalue weighted by atomic mass is 10.1. The molecular formula is C21H24N4. The van der Waals surface area contributed by atoms with Gasteiger partial charge in [0.15, 0.2) is 0 Å². The highest BCUT2D eigenvalue weighted by atomic mass is 15.1. The molecule has 0 bridgehead atoms. The van der Waals surface area contributed by atoms with Crippen molar-refractivity contribution in [3.63, 3.8) is 0 Å². The first-order valence-corrected chi connectivity index (χ1v) is 8.73. The molecule has 1 atom stereocenters. The molecule has 3 aromatic rings. The predicted molar refractivity (Wildman–Crippen MR) is 104 cm³/mol. The molecule has 0 saturated heterocycles. The second kappa shape index (κ2) is 8.83. The fourth-order valence-electron chi connectivity index (χ4n) is 2.70. The number of aromatic nitrogens is 2. The van der Waals surface area contributed by atoms with Crippen LogP contribution in [0.5, 0.6) is 0 Å². The molecule has 25 heavy (non-hydrogen) atoms. The van der Waals surface area contributed by atoms with Gasteiger partial charge in [-0.3, -0.25) is 0 Å². The van der Waals surface area contributed by atoms with Gasteiger partial charge in [-0.2, -0.15) is 4.98 Å². The molecule has 2 N–H and O–H groups in total. The summed E-state index contributed by atoms with van der Waals surface area (Å²) in [4.78, 5) is 8.87. The SMILES string of the molecule is CC(Nc1nccc(NCCCc2ccccc2)n1)c1ccccc1. The lowest BCUT2D eigenvalue weighted by Gasteiger charge is -2.14. The van der Waals surface area contributed by atoms with Crippen LogP contribution in [0.25, 0.3) is 0 Å². The topological polar surface area (TPSA) is 49.8 Å². The van der Waals surface area contributed by atoms with Crippen LogP contribution < -0.4 is 10.6 Å². The minimum Gasteiger partial charge on any atom is -0.370 e. The number of hydrogen-bond donors (Lipinski definition) is 2. The molecular weight excluding hydrogens is 308 g/mol. The van der Waals surface area contributed by atoms with Gasteiger partial charge in [0.25, 0.3) is 0 Å². The molecule has 4 heteroatoms. The summed E-state index contributed by atoms with van der Waals surface area (Å²) in [5.41, 5.74) is 2.58. The maximum Gasteiger partial charge on any atom is 0.225 e. The number of hydrogen-bond acceptors (Lipinski definition) is 4. The van der Waals surface area contributed by atoms with Gasteiger partial charge in [-0.05, 0) is 37.0 Å². The van der Waals surface area contributed by atoms with Gasteiger partial charge in [-0.1, -0.05) is 60.7 Å². The molecule has 4 nitrogen and oxygen atoms in total. The van der Waals surface area contributed by atoms with Crippen molar-refractivity contribution in [2.24, 2.45) is 0 Å². The number of nitrogens with one attached hydrogen (secondary N) is 2. The van der Waals surface area contributed by atoms with E-state index in [9.17, 15) is 0 Å². The molecule has 3 rings (SSSR count). The first-order chi connectivity index (χ1) is 12.3. The molecule has 0 spiro atoms. The second-order valence-corrected chi connectivity index (χ2v) is 6.06. The molecule has 128 valence electrons. The van der Waals surface area contributed by atoms with E-state index in [0.29, 0.717) is 5.95 Å². The Morgan fingerprint density at radius 1 is 0.920 bits per heavy atom. The van der Waals surface area contributed by atoms with E-state index in [1.807, 2.05) is 30.3 Å². The average molecular weight is 332 g/mol. The number of nitrogens with zero attached hydrogens (tertiary/aromatic N) is 2. The largest absolute Gasteiger partial charge is 0.370 e. The standard InChI is InChI=1S/C21H24N4/c1-17(19-12-6-3-7-13-19)24-21-23-16-14-20(25-21)22-15-8-11-18-9-4-2-5-10-18/h2-7,9-10,12-14,16-17H,8,11,15H2,1H3,(H2,22,23,24,25). The first kappa shape index (κ1) is 17.0. The molecule has 1 heterocycles. The Balaban J connectivity index is 1.49. The summed E-state index contributed by atoms with van der Waals surface area (Å²) in [6.07, 6.45) is 3.92. The molecule has 1 aromatic heterocycles. The zero-order chi connectivity index (χ0) is 17.3. The molecule has 0 saturated carbocycles. The first-order valence-electron chi connectivity index (χ1n) is 8.73. The van der Waals surface area contributed by atoms with E-state index < -0.39 is 0 Å². The van der Waals surface area contributed by atoms with Crippen molar-refractivity contribution < 1.29 is 0 Å². The van der Waals surface area contributed by atoms with Crippen molar-refractivity contribution in [2.75, 3.05) is 17.2 Å². The fraction of sp³-hybridized carbons (Fsp3) is 0.238. The third-order valence-electron chi connectivity index (χ3n) is 4.09. The summed E-state index contributed by atoms with van der Waals surface area (Å²) in [5, 5.41) is 6.73. The molecule has 0 aliphatic carbocycles. The van der Waals surface area contributed by atoms with Crippen LogP contribution in [0.4, 0.5) is 11.8 Å². The summed E-state index contributed by atoms with van der Waals surface area (Å²) in [7, 11) is 0. The van der Waals surface area contributed by atoms with E-state index in [1.165, 1.54) is 11.1 Å². The van der Waals surface area contributed by atoms with Gasteiger partial charge in [0.1, 0.15) is 5.82 Å². The van der Waals surface area contributed by atoms with Crippen LogP contribution in [0, 0.1) is 0 Å². The quantitative estimate of drug-likeness (QED) is 0.587. The van der Waals surface area contributed by atoms with Crippen molar-refractivity contribution >= 4 is 11.8 Å². The average Bonchev–Trinajstić information content (AvgIpc) is 2.67. The number of aryl methyl sites for hydroxylation is 1. The van der Waals surface area contributed by atoms with Crippen molar-refractivity contribution in [1.29, 1.82) is 0 Å². The Bertz CT molecular complexity index is 759. The zero-order valence-electron chi connectivity index (χ0n) is 14.5. The molecule has 0 radical (unpaired) electrons. The molecule has 0 aliphatic rings. The summed E-state index contributed by atoms with van der Waals surface area (Å²) in [5.74, 6) is 1.50. The van der Waals surface area contributed by atoms with Gasteiger partial charge in [0.05, 0.1) is 6.04 Å². The van der Waals surface area contributed by atoms with Gasteiger partial charge >= 0.3 is 0 Å². The van der Waals surface area contributed by atoms with Gasteiger partial charge in [-0.15, -0.1) is 0 Å². The zero-order valence-corrected chi connectivity index (χ0v) is 14.5. The molecule has 2 aromatic carbocycles. The summed E-state index contributed by atoms with van der Waals surface area (Å²) in [6, 6.07) is 22.9. The highest BCUT2D eigenvalue weighted by molar-refractivity contribution is 5.41. The minimum atomic E-state index is 0.162. The van der Waals surface area contributed by atoms with Crippen molar-refractivity contribution in [2.45, 2.75) is 25.8 Å². The Labute approximate surface area is 149 Å². The second-order valence-electron chi connectivity index (χ2n) is 6.06. The van der Waals surface area contributed by atoms with Crippen molar-refractivity contribution in [3.8, 4) is 0 Å². The highest BCUT2D eigenvalue weighted by Gasteiger charge is 2.06. The van der Waals surface area contributed by atoms with Crippen molar-refractivity contribution in [1.82, 2.24) is 9.97 Å². The molecule has 0 aliphatic heterocycles. The van der Waals surface area contributed by atoms with Crippen molar-refractivity contribution in [3.05, 3.63) is 84.1 Å². The van der Waals surface area contributed by atoms with E-state index in [1.54, 1.807) is 6.20 Å². The Hall–Kier alpha value is -2.88. The van der Waals surface area contributed by atoms with Crippen LogP contribution in [-0.2, 0) is 6.42 Å². The van der Waals surface area contributed by atoms with Gasteiger partial charge < -0.3 is 10.6 Å². The van der Waals surface area contributed by atoms with E-state index >= 15 is 0 Å². The number of anilines is 2. The maximum absolute atomic E-state index is 4.55. The lowest BCUT2D eigenvalue weighted by molar-refractivity contribution is 0.847. The fourth-order valence-corrected chi connectivity index (χ4v) is 2.70. The van der Waals surface area contributed by atoms with E-state index in [0.717, 1.165) is 25.2 Å². The van der Waals surface area contributed by atoms with Gasteiger partial charge in [-0.25, -0.2) is 4.98 Å². The number of rotatable bonds is 8. The van der Waals surface area contributed by atoms with Crippen LogP contribution in [0.1, 0.15) is 30.5 Å². The normalized spacial score (nSPS) is 11.7. The summed E-state index contributed by atoms with van der Waals surface area (Å²) in [6.45, 7) is 3.00. The monoisotopic (exact) mass is 332 g/mol. The van der Waals surface area contributed by atoms with Gasteiger partial charge in [0.2, 0.25) is 5.95 Å². The summed E-state index contributed by atoms with van der Waals surface area (Å²) >= 11 is 0. The van der Waals surface area contributed by atoms with Crippen LogP contribution in [-0.4, -0.2) is 16.5 Å². The van der Waals surface area contributed by atoms with E-state index in [-0.39, 0.29) is 6.04 Å². The van der Waals surface area contributed by atoms with Gasteiger partial charge in [0, 0.05) is 12.7 Å². The Kier molecular flexibility index (Phi) is 5.99. The van der Waals surface area contributed by atoms with Crippen LogP contribution >= 0.6 is 0 Å². The predicted octanol–water partition coefficient (Wildman–Crippen LogP) is 4.69. The lowest BCUT2D eigenvalue weighted by Crippen LogP contribution is -2.11. The maximum atomic E-state index is 4.55. The highest BCUT2D eigenvalue weighted by Crippen LogP contribution is 2.17. The van der Waals surface area contributed by atoms with E-state index in [4.69, 9.17) is 0 Å². The van der Waals surface area contributed by atoms with Crippen LogP contribution in [0.15, 0.2) is 72.9 Å². The molecule has 0 fully saturated rings. The van der Waals surface area contributed by atoms with Crippen LogP contribution in [0.3, 0.4) is 0 Å². The van der Waals surface area contributed by atoms with Crippen LogP contribution in [0.2, 0.25) is 0 Å². The Morgan fingerprint density at radius 2 is 1.64 bits per heavy atom. The third-order valence-corrected chi connectivity index (χ3v) is 4.09. The van der Waals surface area contributed by atoms with E-state index in [2.05, 4.69) is 63.9 Å². The third kappa shape index (κ3) is 5.31.